The van der Waals surface area contributed by atoms with Gasteiger partial charge < -0.3 is 10.2 Å². The molecule has 0 unspecified atom stereocenters. The van der Waals surface area contributed by atoms with E-state index in [9.17, 15) is 0 Å². The van der Waals surface area contributed by atoms with Crippen molar-refractivity contribution in [3.63, 3.8) is 0 Å². The number of anilines is 1. The van der Waals surface area contributed by atoms with E-state index < -0.39 is 0 Å². The third-order valence-electron chi connectivity index (χ3n) is 2.87. The Hall–Kier alpha value is -1.09. The molecule has 0 fully saturated rings. The Morgan fingerprint density at radius 1 is 1.29 bits per heavy atom. The first kappa shape index (κ1) is 14.0. The Balaban J connectivity index is 2.88. The molecule has 1 aromatic heterocycles. The van der Waals surface area contributed by atoms with Gasteiger partial charge in [-0.1, -0.05) is 20.8 Å². The first-order chi connectivity index (χ1) is 8.06. The topological polar surface area (TPSA) is 28.2 Å². The van der Waals surface area contributed by atoms with Crippen molar-refractivity contribution in [2.45, 2.75) is 46.7 Å². The van der Waals surface area contributed by atoms with Gasteiger partial charge in [-0.15, -0.1) is 0 Å². The Morgan fingerprint density at radius 3 is 2.53 bits per heavy atom. The molecule has 1 N–H and O–H groups in total. The predicted molar refractivity (Wildman–Crippen MR) is 74.5 cm³/mol. The van der Waals surface area contributed by atoms with Crippen LogP contribution in [0.15, 0.2) is 12.1 Å². The van der Waals surface area contributed by atoms with Crippen LogP contribution in [-0.2, 0) is 13.0 Å². The second-order valence-electron chi connectivity index (χ2n) is 4.73. The zero-order valence-electron chi connectivity index (χ0n) is 11.7. The zero-order valence-corrected chi connectivity index (χ0v) is 11.7. The molecular formula is C14H25N3. The summed E-state index contributed by atoms with van der Waals surface area (Å²) in [5.74, 6) is 1.08. The van der Waals surface area contributed by atoms with Gasteiger partial charge >= 0.3 is 0 Å². The minimum Gasteiger partial charge on any atom is -0.360 e. The number of pyridine rings is 1. The summed E-state index contributed by atoms with van der Waals surface area (Å²) in [5, 5.41) is 3.45. The van der Waals surface area contributed by atoms with Gasteiger partial charge in [-0.3, -0.25) is 0 Å². The summed E-state index contributed by atoms with van der Waals surface area (Å²) in [7, 11) is 2.08. The van der Waals surface area contributed by atoms with Gasteiger partial charge in [-0.2, -0.15) is 0 Å². The molecule has 0 radical (unpaired) electrons. The maximum atomic E-state index is 4.65. The molecule has 1 heterocycles. The van der Waals surface area contributed by atoms with Crippen molar-refractivity contribution in [2.75, 3.05) is 18.5 Å². The highest BCUT2D eigenvalue weighted by Gasteiger charge is 2.05. The number of rotatable bonds is 6. The smallest absolute Gasteiger partial charge is 0.128 e. The van der Waals surface area contributed by atoms with Crippen LogP contribution in [0, 0.1) is 0 Å². The average molecular weight is 235 g/mol. The second-order valence-corrected chi connectivity index (χ2v) is 4.73. The Labute approximate surface area is 105 Å². The fraction of sp³-hybridized carbons (Fsp3) is 0.643. The quantitative estimate of drug-likeness (QED) is 0.821. The number of nitrogens with zero attached hydrogens (tertiary/aromatic N) is 2. The van der Waals surface area contributed by atoms with Gasteiger partial charge in [0.05, 0.1) is 0 Å². The van der Waals surface area contributed by atoms with Crippen molar-refractivity contribution >= 4 is 5.82 Å². The number of aromatic nitrogens is 1. The van der Waals surface area contributed by atoms with Crippen molar-refractivity contribution in [3.8, 4) is 0 Å². The third-order valence-corrected chi connectivity index (χ3v) is 2.87. The lowest BCUT2D eigenvalue weighted by molar-refractivity contribution is 0.588. The van der Waals surface area contributed by atoms with Gasteiger partial charge in [-0.05, 0) is 31.0 Å². The van der Waals surface area contributed by atoms with Crippen LogP contribution in [0.1, 0.15) is 39.0 Å². The summed E-state index contributed by atoms with van der Waals surface area (Å²) in [6.45, 7) is 10.5. The van der Waals surface area contributed by atoms with Crippen LogP contribution in [-0.4, -0.2) is 24.6 Å². The summed E-state index contributed by atoms with van der Waals surface area (Å²) >= 11 is 0. The standard InChI is InChI=1S/C14H25N3/c1-6-13-8-12(10-15-11(3)4)9-14(16-13)17(5)7-2/h8-9,11,15H,6-7,10H2,1-5H3. The van der Waals surface area contributed by atoms with E-state index in [4.69, 9.17) is 0 Å². The largest absolute Gasteiger partial charge is 0.360 e. The highest BCUT2D eigenvalue weighted by molar-refractivity contribution is 5.41. The highest BCUT2D eigenvalue weighted by Crippen LogP contribution is 2.14. The Morgan fingerprint density at radius 2 is 2.00 bits per heavy atom. The monoisotopic (exact) mass is 235 g/mol. The molecule has 0 aromatic carbocycles. The van der Waals surface area contributed by atoms with Crippen molar-refractivity contribution in [3.05, 3.63) is 23.4 Å². The predicted octanol–water partition coefficient (Wildman–Crippen LogP) is 2.60. The van der Waals surface area contributed by atoms with Crippen LogP contribution in [0.3, 0.4) is 0 Å². The van der Waals surface area contributed by atoms with Gasteiger partial charge in [0.25, 0.3) is 0 Å². The molecule has 3 nitrogen and oxygen atoms in total. The lowest BCUT2D eigenvalue weighted by Crippen LogP contribution is -2.23. The van der Waals surface area contributed by atoms with E-state index in [1.54, 1.807) is 0 Å². The Kier molecular flexibility index (Phi) is 5.42. The van der Waals surface area contributed by atoms with Crippen LogP contribution in [0.2, 0.25) is 0 Å². The summed E-state index contributed by atoms with van der Waals surface area (Å²) in [6, 6.07) is 4.89. The number of nitrogens with one attached hydrogen (secondary N) is 1. The summed E-state index contributed by atoms with van der Waals surface area (Å²) in [5.41, 5.74) is 2.49. The lowest BCUT2D eigenvalue weighted by atomic mass is 10.2. The lowest BCUT2D eigenvalue weighted by Gasteiger charge is -2.18. The molecule has 0 aliphatic heterocycles. The van der Waals surface area contributed by atoms with E-state index >= 15 is 0 Å². The fourth-order valence-corrected chi connectivity index (χ4v) is 1.60. The van der Waals surface area contributed by atoms with Gasteiger partial charge in [0, 0.05) is 31.9 Å². The van der Waals surface area contributed by atoms with Gasteiger partial charge in [-0.25, -0.2) is 4.98 Å². The van der Waals surface area contributed by atoms with Crippen LogP contribution in [0.25, 0.3) is 0 Å². The number of hydrogen-bond donors (Lipinski definition) is 1. The molecule has 0 aliphatic rings. The molecule has 96 valence electrons. The zero-order chi connectivity index (χ0) is 12.8. The van der Waals surface area contributed by atoms with Crippen molar-refractivity contribution in [2.24, 2.45) is 0 Å². The minimum absolute atomic E-state index is 0.514. The first-order valence-electron chi connectivity index (χ1n) is 6.51. The van der Waals surface area contributed by atoms with E-state index in [-0.39, 0.29) is 0 Å². The molecule has 0 spiro atoms. The van der Waals surface area contributed by atoms with Crippen molar-refractivity contribution in [1.82, 2.24) is 10.3 Å². The van der Waals surface area contributed by atoms with Crippen LogP contribution >= 0.6 is 0 Å². The average Bonchev–Trinajstić information content (AvgIpc) is 2.34. The number of aryl methyl sites for hydroxylation is 1. The molecule has 3 heteroatoms. The van der Waals surface area contributed by atoms with Crippen molar-refractivity contribution < 1.29 is 0 Å². The van der Waals surface area contributed by atoms with E-state index in [1.807, 2.05) is 0 Å². The van der Waals surface area contributed by atoms with Gasteiger partial charge in [0.15, 0.2) is 0 Å². The molecule has 0 atom stereocenters. The molecule has 0 saturated carbocycles. The van der Waals surface area contributed by atoms with Crippen LogP contribution in [0.4, 0.5) is 5.82 Å². The molecule has 0 saturated heterocycles. The maximum Gasteiger partial charge on any atom is 0.128 e. The maximum absolute atomic E-state index is 4.65. The third kappa shape index (κ3) is 4.35. The molecule has 1 aromatic rings. The van der Waals surface area contributed by atoms with Gasteiger partial charge in [0.1, 0.15) is 5.82 Å². The van der Waals surface area contributed by atoms with E-state index in [1.165, 1.54) is 11.3 Å². The summed E-state index contributed by atoms with van der Waals surface area (Å²) in [6.07, 6.45) is 0.986. The van der Waals surface area contributed by atoms with Crippen molar-refractivity contribution in [1.29, 1.82) is 0 Å². The molecule has 0 amide bonds. The SMILES string of the molecule is CCc1cc(CNC(C)C)cc(N(C)CC)n1. The molecular weight excluding hydrogens is 210 g/mol. The molecule has 0 aliphatic carbocycles. The van der Waals surface area contributed by atoms with E-state index in [0.717, 1.165) is 25.3 Å². The highest BCUT2D eigenvalue weighted by atomic mass is 15.2. The molecule has 0 bridgehead atoms. The van der Waals surface area contributed by atoms with Gasteiger partial charge in [0.2, 0.25) is 0 Å². The van der Waals surface area contributed by atoms with Crippen LogP contribution < -0.4 is 10.2 Å². The first-order valence-corrected chi connectivity index (χ1v) is 6.51. The normalized spacial score (nSPS) is 10.9. The summed E-state index contributed by atoms with van der Waals surface area (Å²) < 4.78 is 0. The Bertz CT molecular complexity index is 347. The molecule has 1 rings (SSSR count). The summed E-state index contributed by atoms with van der Waals surface area (Å²) in [4.78, 5) is 6.83. The number of hydrogen-bond acceptors (Lipinski definition) is 3. The fourth-order valence-electron chi connectivity index (χ4n) is 1.60. The second kappa shape index (κ2) is 6.60. The van der Waals surface area contributed by atoms with Crippen LogP contribution in [0.5, 0.6) is 0 Å². The van der Waals surface area contributed by atoms with E-state index in [2.05, 4.69) is 62.1 Å². The molecule has 17 heavy (non-hydrogen) atoms. The minimum atomic E-state index is 0.514. The van der Waals surface area contributed by atoms with E-state index in [0.29, 0.717) is 6.04 Å².